The summed E-state index contributed by atoms with van der Waals surface area (Å²) in [4.78, 5) is 0. The number of benzene rings is 1. The minimum Gasteiger partial charge on any atom is -0.493 e. The van der Waals surface area contributed by atoms with Crippen molar-refractivity contribution in [3.05, 3.63) is 17.7 Å². The Morgan fingerprint density at radius 1 is 1.00 bits per heavy atom. The van der Waals surface area contributed by atoms with Crippen molar-refractivity contribution in [3.8, 4) is 17.2 Å². The molecule has 0 aliphatic rings. The van der Waals surface area contributed by atoms with Crippen molar-refractivity contribution in [2.45, 2.75) is 32.9 Å². The van der Waals surface area contributed by atoms with Crippen LogP contribution in [0, 0.1) is 0 Å². The van der Waals surface area contributed by atoms with Gasteiger partial charge in [0.1, 0.15) is 0 Å². The highest BCUT2D eigenvalue weighted by Gasteiger charge is 2.12. The van der Waals surface area contributed by atoms with Gasteiger partial charge in [-0.3, -0.25) is 0 Å². The molecule has 0 spiro atoms. The first kappa shape index (κ1) is 20.8. The molecule has 5 nitrogen and oxygen atoms in total. The van der Waals surface area contributed by atoms with Gasteiger partial charge in [-0.15, -0.1) is 12.4 Å². The molecule has 0 heterocycles. The fourth-order valence-corrected chi connectivity index (χ4v) is 1.99. The van der Waals surface area contributed by atoms with Crippen LogP contribution in [-0.4, -0.2) is 40.6 Å². The van der Waals surface area contributed by atoms with Crippen LogP contribution >= 0.6 is 12.4 Å². The molecule has 0 unspecified atom stereocenters. The molecule has 0 aliphatic heterocycles. The van der Waals surface area contributed by atoms with E-state index in [2.05, 4.69) is 5.32 Å². The molecule has 1 rings (SSSR count). The molecule has 0 aliphatic carbocycles. The Morgan fingerprint density at radius 2 is 1.59 bits per heavy atom. The molecule has 1 aromatic rings. The van der Waals surface area contributed by atoms with E-state index >= 15 is 0 Å². The first-order chi connectivity index (χ1) is 10.1. The van der Waals surface area contributed by atoms with Gasteiger partial charge < -0.3 is 24.3 Å². The SMILES string of the molecule is COc1cc(CNCCCOC(C)C)cc(OC)c1OC.Cl. The number of methoxy groups -OCH3 is 3. The molecule has 6 heteroatoms. The maximum absolute atomic E-state index is 5.50. The summed E-state index contributed by atoms with van der Waals surface area (Å²) < 4.78 is 21.5. The number of hydrogen-bond donors (Lipinski definition) is 1. The highest BCUT2D eigenvalue weighted by atomic mass is 35.5. The van der Waals surface area contributed by atoms with Crippen LogP contribution in [0.2, 0.25) is 0 Å². The van der Waals surface area contributed by atoms with Gasteiger partial charge in [0.15, 0.2) is 11.5 Å². The molecule has 0 amide bonds. The smallest absolute Gasteiger partial charge is 0.203 e. The summed E-state index contributed by atoms with van der Waals surface area (Å²) in [5, 5.41) is 3.38. The molecule has 0 bridgehead atoms. The molecule has 0 fully saturated rings. The second-order valence-electron chi connectivity index (χ2n) is 4.98. The van der Waals surface area contributed by atoms with Gasteiger partial charge in [0.25, 0.3) is 0 Å². The first-order valence-corrected chi connectivity index (χ1v) is 7.23. The molecular weight excluding hydrogens is 306 g/mol. The summed E-state index contributed by atoms with van der Waals surface area (Å²) in [5.41, 5.74) is 1.09. The zero-order valence-electron chi connectivity index (χ0n) is 14.1. The Labute approximate surface area is 139 Å². The van der Waals surface area contributed by atoms with Crippen LogP contribution in [0.25, 0.3) is 0 Å². The van der Waals surface area contributed by atoms with E-state index < -0.39 is 0 Å². The minimum absolute atomic E-state index is 0. The molecule has 0 aromatic heterocycles. The van der Waals surface area contributed by atoms with Crippen molar-refractivity contribution < 1.29 is 18.9 Å². The van der Waals surface area contributed by atoms with Crippen LogP contribution in [0.4, 0.5) is 0 Å². The lowest BCUT2D eigenvalue weighted by Gasteiger charge is -2.14. The third-order valence-electron chi connectivity index (χ3n) is 3.00. The van der Waals surface area contributed by atoms with Crippen molar-refractivity contribution >= 4 is 12.4 Å². The monoisotopic (exact) mass is 333 g/mol. The van der Waals surface area contributed by atoms with Crippen LogP contribution in [0.15, 0.2) is 12.1 Å². The summed E-state index contributed by atoms with van der Waals surface area (Å²) >= 11 is 0. The van der Waals surface area contributed by atoms with Gasteiger partial charge in [-0.05, 0) is 44.5 Å². The number of hydrogen-bond acceptors (Lipinski definition) is 5. The van der Waals surface area contributed by atoms with E-state index in [4.69, 9.17) is 18.9 Å². The van der Waals surface area contributed by atoms with Gasteiger partial charge in [-0.2, -0.15) is 0 Å². The van der Waals surface area contributed by atoms with Gasteiger partial charge in [-0.25, -0.2) is 0 Å². The lowest BCUT2D eigenvalue weighted by Crippen LogP contribution is -2.17. The molecule has 0 atom stereocenters. The summed E-state index contributed by atoms with van der Waals surface area (Å²) in [5.74, 6) is 1.97. The van der Waals surface area contributed by atoms with E-state index in [0.29, 0.717) is 23.4 Å². The van der Waals surface area contributed by atoms with Gasteiger partial charge in [0, 0.05) is 13.2 Å². The Balaban J connectivity index is 0.00000441. The largest absolute Gasteiger partial charge is 0.493 e. The fraction of sp³-hybridized carbons (Fsp3) is 0.625. The molecule has 128 valence electrons. The van der Waals surface area contributed by atoms with Gasteiger partial charge in [0.2, 0.25) is 5.75 Å². The van der Waals surface area contributed by atoms with Gasteiger partial charge >= 0.3 is 0 Å². The molecule has 0 saturated carbocycles. The van der Waals surface area contributed by atoms with Crippen LogP contribution in [0.3, 0.4) is 0 Å². The van der Waals surface area contributed by atoms with E-state index in [1.807, 2.05) is 26.0 Å². The third-order valence-corrected chi connectivity index (χ3v) is 3.00. The summed E-state index contributed by atoms with van der Waals surface area (Å²) in [6.07, 6.45) is 1.28. The number of nitrogens with one attached hydrogen (secondary N) is 1. The van der Waals surface area contributed by atoms with Crippen LogP contribution < -0.4 is 19.5 Å². The number of halogens is 1. The van der Waals surface area contributed by atoms with Crippen LogP contribution in [-0.2, 0) is 11.3 Å². The number of rotatable bonds is 10. The highest BCUT2D eigenvalue weighted by Crippen LogP contribution is 2.38. The van der Waals surface area contributed by atoms with E-state index in [0.717, 1.165) is 31.7 Å². The van der Waals surface area contributed by atoms with E-state index in [1.165, 1.54) is 0 Å². The lowest BCUT2D eigenvalue weighted by atomic mass is 10.1. The van der Waals surface area contributed by atoms with Gasteiger partial charge in [0.05, 0.1) is 27.4 Å². The topological polar surface area (TPSA) is 49.0 Å². The van der Waals surface area contributed by atoms with Crippen molar-refractivity contribution in [1.29, 1.82) is 0 Å². The van der Waals surface area contributed by atoms with E-state index in [9.17, 15) is 0 Å². The van der Waals surface area contributed by atoms with Crippen molar-refractivity contribution in [2.75, 3.05) is 34.5 Å². The molecule has 0 saturated heterocycles. The Bertz CT molecular complexity index is 402. The second-order valence-corrected chi connectivity index (χ2v) is 4.98. The molecule has 0 radical (unpaired) electrons. The lowest BCUT2D eigenvalue weighted by molar-refractivity contribution is 0.0770. The summed E-state index contributed by atoms with van der Waals surface area (Å²) in [6.45, 7) is 6.52. The van der Waals surface area contributed by atoms with Gasteiger partial charge in [-0.1, -0.05) is 0 Å². The van der Waals surface area contributed by atoms with Crippen LogP contribution in [0.1, 0.15) is 25.8 Å². The predicted octanol–water partition coefficient (Wildman–Crippen LogP) is 3.04. The zero-order valence-corrected chi connectivity index (χ0v) is 14.9. The standard InChI is InChI=1S/C16H27NO4.ClH/c1-12(2)21-8-6-7-17-11-13-9-14(18-3)16(20-5)15(10-13)19-4;/h9-10,12,17H,6-8,11H2,1-5H3;1H. The summed E-state index contributed by atoms with van der Waals surface area (Å²) in [6, 6.07) is 3.91. The van der Waals surface area contributed by atoms with E-state index in [1.54, 1.807) is 21.3 Å². The number of ether oxygens (including phenoxy) is 4. The first-order valence-electron chi connectivity index (χ1n) is 7.23. The second kappa shape index (κ2) is 11.4. The van der Waals surface area contributed by atoms with E-state index in [-0.39, 0.29) is 12.4 Å². The maximum atomic E-state index is 5.50. The summed E-state index contributed by atoms with van der Waals surface area (Å²) in [7, 11) is 4.85. The van der Waals surface area contributed by atoms with Crippen molar-refractivity contribution in [2.24, 2.45) is 0 Å². The fourth-order valence-electron chi connectivity index (χ4n) is 1.99. The Morgan fingerprint density at radius 3 is 2.05 bits per heavy atom. The third kappa shape index (κ3) is 6.73. The minimum atomic E-state index is 0. The van der Waals surface area contributed by atoms with Crippen molar-refractivity contribution in [1.82, 2.24) is 5.32 Å². The average Bonchev–Trinajstić information content (AvgIpc) is 2.49. The molecule has 1 aromatic carbocycles. The van der Waals surface area contributed by atoms with Crippen molar-refractivity contribution in [3.63, 3.8) is 0 Å². The molecule has 1 N–H and O–H groups in total. The predicted molar refractivity (Wildman–Crippen MR) is 90.8 cm³/mol. The highest BCUT2D eigenvalue weighted by molar-refractivity contribution is 5.85. The molecular formula is C16H28ClNO4. The molecule has 22 heavy (non-hydrogen) atoms. The quantitative estimate of drug-likeness (QED) is 0.667. The maximum Gasteiger partial charge on any atom is 0.203 e. The average molecular weight is 334 g/mol. The zero-order chi connectivity index (χ0) is 15.7. The Kier molecular flexibility index (Phi) is 10.8. The van der Waals surface area contributed by atoms with Crippen LogP contribution in [0.5, 0.6) is 17.2 Å². The Hall–Kier alpha value is -1.17. The normalized spacial score (nSPS) is 10.3.